The number of Topliss-reactive ketones (excluding diaryl/α,β-unsaturated/α-hetero) is 1. The molecule has 0 aliphatic heterocycles. The quantitative estimate of drug-likeness (QED) is 0.305. The molecule has 0 unspecified atom stereocenters. The Kier molecular flexibility index (Phi) is 5.76. The van der Waals surface area contributed by atoms with Gasteiger partial charge < -0.3 is 25.7 Å². The van der Waals surface area contributed by atoms with Crippen LogP contribution in [-0.2, 0) is 4.79 Å². The molecule has 0 fully saturated rings. The summed E-state index contributed by atoms with van der Waals surface area (Å²) in [4.78, 5) is 10.7. The minimum Gasteiger partial charge on any atom is -0.389 e. The summed E-state index contributed by atoms with van der Waals surface area (Å²) in [5.41, 5.74) is 0. The number of nitrogens with one attached hydrogen (secondary N) is 1. The van der Waals surface area contributed by atoms with Crippen LogP contribution in [0.15, 0.2) is 0 Å². The first kappa shape index (κ1) is 12.5. The van der Waals surface area contributed by atoms with Gasteiger partial charge in [0.25, 0.3) is 0 Å². The van der Waals surface area contributed by atoms with Gasteiger partial charge in [-0.1, -0.05) is 0 Å². The van der Waals surface area contributed by atoms with E-state index in [4.69, 9.17) is 20.4 Å². The highest BCUT2D eigenvalue weighted by Gasteiger charge is 2.28. The molecule has 0 saturated carbocycles. The molecule has 0 heterocycles. The number of aliphatic hydroxyl groups excluding tert-OH is 4. The SMILES string of the molecule is CNC[C@H](O)[C@@H](O)[C@H](O)C(=O)CO. The zero-order valence-electron chi connectivity index (χ0n) is 7.34. The summed E-state index contributed by atoms with van der Waals surface area (Å²) in [6, 6.07) is 0. The number of carbonyl (C=O) groups is 1. The molecule has 0 amide bonds. The highest BCUT2D eigenvalue weighted by molar-refractivity contribution is 5.84. The van der Waals surface area contributed by atoms with Crippen molar-refractivity contribution in [1.29, 1.82) is 0 Å². The van der Waals surface area contributed by atoms with Crippen LogP contribution >= 0.6 is 0 Å². The summed E-state index contributed by atoms with van der Waals surface area (Å²) in [6.07, 6.45) is -4.56. The van der Waals surface area contributed by atoms with Gasteiger partial charge in [-0.25, -0.2) is 0 Å². The average Bonchev–Trinajstić information content (AvgIpc) is 2.14. The molecule has 0 spiro atoms. The van der Waals surface area contributed by atoms with E-state index in [1.54, 1.807) is 7.05 Å². The largest absolute Gasteiger partial charge is 0.389 e. The average molecular weight is 193 g/mol. The predicted octanol–water partition coefficient (Wildman–Crippen LogP) is -3.15. The zero-order valence-corrected chi connectivity index (χ0v) is 7.34. The summed E-state index contributed by atoms with van der Waals surface area (Å²) in [6.45, 7) is -0.804. The summed E-state index contributed by atoms with van der Waals surface area (Å²) in [7, 11) is 1.55. The van der Waals surface area contributed by atoms with Crippen LogP contribution < -0.4 is 5.32 Å². The molecule has 0 rings (SSSR count). The molecule has 0 aromatic carbocycles. The molecule has 3 atom stereocenters. The number of ketones is 1. The van der Waals surface area contributed by atoms with Crippen molar-refractivity contribution in [2.24, 2.45) is 0 Å². The van der Waals surface area contributed by atoms with E-state index in [-0.39, 0.29) is 6.54 Å². The van der Waals surface area contributed by atoms with Crippen LogP contribution in [0.4, 0.5) is 0 Å². The molecular weight excluding hydrogens is 178 g/mol. The lowest BCUT2D eigenvalue weighted by Gasteiger charge is -2.21. The van der Waals surface area contributed by atoms with Gasteiger partial charge in [-0.3, -0.25) is 4.79 Å². The number of aliphatic hydroxyl groups is 4. The Hall–Kier alpha value is -0.530. The smallest absolute Gasteiger partial charge is 0.189 e. The van der Waals surface area contributed by atoms with E-state index < -0.39 is 30.7 Å². The Morgan fingerprint density at radius 3 is 2.31 bits per heavy atom. The van der Waals surface area contributed by atoms with E-state index in [1.807, 2.05) is 0 Å². The predicted molar refractivity (Wildman–Crippen MR) is 44.0 cm³/mol. The fourth-order valence-electron chi connectivity index (χ4n) is 0.824. The normalized spacial score (nSPS) is 17.9. The van der Waals surface area contributed by atoms with Crippen LogP contribution in [0, 0.1) is 0 Å². The second-order valence-corrected chi connectivity index (χ2v) is 2.68. The summed E-state index contributed by atoms with van der Waals surface area (Å²) < 4.78 is 0. The fourth-order valence-corrected chi connectivity index (χ4v) is 0.824. The fraction of sp³-hybridized carbons (Fsp3) is 0.857. The molecule has 0 bridgehead atoms. The minimum atomic E-state index is -1.74. The van der Waals surface area contributed by atoms with Crippen molar-refractivity contribution < 1.29 is 25.2 Å². The van der Waals surface area contributed by atoms with Crippen LogP contribution in [0.1, 0.15) is 0 Å². The Bertz CT molecular complexity index is 163. The maximum absolute atomic E-state index is 10.7. The third kappa shape index (κ3) is 3.79. The second kappa shape index (κ2) is 6.01. The van der Waals surface area contributed by atoms with Crippen molar-refractivity contribution in [3.8, 4) is 0 Å². The Morgan fingerprint density at radius 2 is 1.92 bits per heavy atom. The lowest BCUT2D eigenvalue weighted by molar-refractivity contribution is -0.141. The van der Waals surface area contributed by atoms with Gasteiger partial charge in [-0.2, -0.15) is 0 Å². The number of hydrogen-bond acceptors (Lipinski definition) is 6. The molecule has 13 heavy (non-hydrogen) atoms. The van der Waals surface area contributed by atoms with Crippen molar-refractivity contribution >= 4 is 5.78 Å². The molecule has 78 valence electrons. The molecule has 0 aliphatic rings. The minimum absolute atomic E-state index is 0.0525. The van der Waals surface area contributed by atoms with E-state index >= 15 is 0 Å². The maximum atomic E-state index is 10.7. The van der Waals surface area contributed by atoms with Gasteiger partial charge in [0.05, 0.1) is 6.10 Å². The van der Waals surface area contributed by atoms with Gasteiger partial charge >= 0.3 is 0 Å². The van der Waals surface area contributed by atoms with Crippen molar-refractivity contribution in [3.63, 3.8) is 0 Å². The first-order valence-corrected chi connectivity index (χ1v) is 3.87. The zero-order chi connectivity index (χ0) is 10.4. The number of hydrogen-bond donors (Lipinski definition) is 5. The van der Waals surface area contributed by atoms with E-state index in [0.717, 1.165) is 0 Å². The lowest BCUT2D eigenvalue weighted by atomic mass is 10.0. The van der Waals surface area contributed by atoms with Crippen LogP contribution in [0.2, 0.25) is 0 Å². The van der Waals surface area contributed by atoms with Crippen LogP contribution in [-0.4, -0.2) is 64.7 Å². The van der Waals surface area contributed by atoms with Gasteiger partial charge in [-0.05, 0) is 7.05 Å². The van der Waals surface area contributed by atoms with E-state index in [0.29, 0.717) is 0 Å². The number of rotatable bonds is 6. The van der Waals surface area contributed by atoms with Crippen molar-refractivity contribution in [1.82, 2.24) is 5.32 Å². The summed E-state index contributed by atoms with van der Waals surface area (Å²) in [5, 5.41) is 38.2. The number of likely N-dealkylation sites (N-methyl/N-ethyl adjacent to an activating group) is 1. The molecule has 0 aromatic rings. The van der Waals surface area contributed by atoms with Gasteiger partial charge in [0.2, 0.25) is 0 Å². The standard InChI is InChI=1S/C7H15NO5/c1-8-2-4(10)6(12)7(13)5(11)3-9/h4,6-10,12-13H,2-3H2,1H3/t4-,6+,7+/m0/s1. The van der Waals surface area contributed by atoms with Gasteiger partial charge in [-0.15, -0.1) is 0 Å². The molecule has 0 aliphatic carbocycles. The Labute approximate surface area is 75.8 Å². The van der Waals surface area contributed by atoms with Gasteiger partial charge in [0.15, 0.2) is 5.78 Å². The molecule has 6 nitrogen and oxygen atoms in total. The summed E-state index contributed by atoms with van der Waals surface area (Å²) >= 11 is 0. The topological polar surface area (TPSA) is 110 Å². The Morgan fingerprint density at radius 1 is 1.38 bits per heavy atom. The first-order chi connectivity index (χ1) is 6.04. The van der Waals surface area contributed by atoms with Crippen molar-refractivity contribution in [3.05, 3.63) is 0 Å². The van der Waals surface area contributed by atoms with Gasteiger partial charge in [0.1, 0.15) is 18.8 Å². The number of carbonyl (C=O) groups excluding carboxylic acids is 1. The van der Waals surface area contributed by atoms with Gasteiger partial charge in [0, 0.05) is 6.54 Å². The van der Waals surface area contributed by atoms with E-state index in [1.165, 1.54) is 0 Å². The third-order valence-corrected chi connectivity index (χ3v) is 1.62. The van der Waals surface area contributed by atoms with Crippen LogP contribution in [0.5, 0.6) is 0 Å². The monoisotopic (exact) mass is 193 g/mol. The molecule has 0 aromatic heterocycles. The first-order valence-electron chi connectivity index (χ1n) is 3.87. The molecular formula is C7H15NO5. The maximum Gasteiger partial charge on any atom is 0.189 e. The molecule has 5 N–H and O–H groups in total. The third-order valence-electron chi connectivity index (χ3n) is 1.62. The Balaban J connectivity index is 4.07. The second-order valence-electron chi connectivity index (χ2n) is 2.68. The van der Waals surface area contributed by atoms with E-state index in [9.17, 15) is 4.79 Å². The van der Waals surface area contributed by atoms with Crippen LogP contribution in [0.25, 0.3) is 0 Å². The van der Waals surface area contributed by atoms with Crippen LogP contribution in [0.3, 0.4) is 0 Å². The van der Waals surface area contributed by atoms with Crippen molar-refractivity contribution in [2.75, 3.05) is 20.2 Å². The highest BCUT2D eigenvalue weighted by Crippen LogP contribution is 2.00. The summed E-state index contributed by atoms with van der Waals surface area (Å²) in [5.74, 6) is -0.914. The lowest BCUT2D eigenvalue weighted by Crippen LogP contribution is -2.46. The highest BCUT2D eigenvalue weighted by atomic mass is 16.4. The molecule has 6 heteroatoms. The van der Waals surface area contributed by atoms with E-state index in [2.05, 4.69) is 5.32 Å². The molecule has 0 saturated heterocycles. The molecule has 0 radical (unpaired) electrons. The van der Waals surface area contributed by atoms with Crippen molar-refractivity contribution in [2.45, 2.75) is 18.3 Å².